The molecule has 3 aromatic rings. The zero-order valence-electron chi connectivity index (χ0n) is 20.5. The number of benzene rings is 2. The van der Waals surface area contributed by atoms with Crippen LogP contribution in [0.25, 0.3) is 11.3 Å². The van der Waals surface area contributed by atoms with Crippen molar-refractivity contribution in [2.24, 2.45) is 0 Å². The highest BCUT2D eigenvalue weighted by atomic mass is 19.1. The predicted molar refractivity (Wildman–Crippen MR) is 134 cm³/mol. The zero-order valence-corrected chi connectivity index (χ0v) is 20.5. The van der Waals surface area contributed by atoms with Gasteiger partial charge in [-0.3, -0.25) is 14.7 Å². The first-order valence-electron chi connectivity index (χ1n) is 12.3. The number of aromatic amines is 1. The van der Waals surface area contributed by atoms with Gasteiger partial charge >= 0.3 is 0 Å². The molecule has 1 aliphatic rings. The summed E-state index contributed by atoms with van der Waals surface area (Å²) >= 11 is 0. The first kappa shape index (κ1) is 24.6. The molecule has 2 amide bonds. The lowest BCUT2D eigenvalue weighted by Crippen LogP contribution is -2.41. The number of unbranched alkanes of at least 4 members (excludes halogenated alkanes) is 2. The number of nitrogens with zero attached hydrogens (tertiary/aromatic N) is 3. The molecule has 35 heavy (non-hydrogen) atoms. The van der Waals surface area contributed by atoms with E-state index >= 15 is 0 Å². The molecular formula is C28H33FN4O2. The van der Waals surface area contributed by atoms with E-state index in [0.29, 0.717) is 19.5 Å². The number of H-pyrrole nitrogens is 1. The Morgan fingerprint density at radius 1 is 1.11 bits per heavy atom. The highest BCUT2D eigenvalue weighted by molar-refractivity contribution is 5.79. The maximum absolute atomic E-state index is 13.1. The average Bonchev–Trinajstić information content (AvgIpc) is 3.33. The second-order valence-electron chi connectivity index (χ2n) is 9.29. The smallest absolute Gasteiger partial charge is 0.224 e. The number of hydrogen-bond acceptors (Lipinski definition) is 3. The number of carbonyl (C=O) groups is 2. The van der Waals surface area contributed by atoms with E-state index in [4.69, 9.17) is 0 Å². The molecule has 0 spiro atoms. The maximum Gasteiger partial charge on any atom is 0.224 e. The standard InChI is InChI=1S/C28H33FN4O2/c1-20(34)33-17-15-21-8-5-6-10-25(21)27(33)19-28(35)32(2)16-7-3-4-9-24-18-26(31-30-24)22-11-13-23(29)14-12-22/h5-6,8,10-14,18,27H,3-4,7,9,15-17,19H2,1-2H3,(H,30,31). The van der Waals surface area contributed by atoms with Gasteiger partial charge in [0, 0.05) is 38.3 Å². The van der Waals surface area contributed by atoms with Gasteiger partial charge in [0.05, 0.1) is 18.2 Å². The number of amides is 2. The molecule has 1 unspecified atom stereocenters. The van der Waals surface area contributed by atoms with Gasteiger partial charge in [0.15, 0.2) is 0 Å². The number of aromatic nitrogens is 2. The summed E-state index contributed by atoms with van der Waals surface area (Å²) in [5.74, 6) is -0.176. The fourth-order valence-electron chi connectivity index (χ4n) is 4.79. The van der Waals surface area contributed by atoms with Crippen molar-refractivity contribution >= 4 is 11.8 Å². The van der Waals surface area contributed by atoms with E-state index in [0.717, 1.165) is 54.6 Å². The lowest BCUT2D eigenvalue weighted by molar-refractivity contribution is -0.136. The van der Waals surface area contributed by atoms with E-state index in [1.807, 2.05) is 36.2 Å². The Morgan fingerprint density at radius 3 is 2.66 bits per heavy atom. The molecule has 1 aliphatic heterocycles. The summed E-state index contributed by atoms with van der Waals surface area (Å²) < 4.78 is 13.1. The molecule has 1 atom stereocenters. The third kappa shape index (κ3) is 6.15. The van der Waals surface area contributed by atoms with Crippen molar-refractivity contribution in [2.75, 3.05) is 20.1 Å². The number of hydrogen-bond donors (Lipinski definition) is 1. The molecule has 184 valence electrons. The fourth-order valence-corrected chi connectivity index (χ4v) is 4.79. The summed E-state index contributed by atoms with van der Waals surface area (Å²) in [6.45, 7) is 2.93. The molecule has 2 heterocycles. The molecule has 1 N–H and O–H groups in total. The molecule has 0 saturated carbocycles. The first-order chi connectivity index (χ1) is 16.9. The van der Waals surface area contributed by atoms with Crippen molar-refractivity contribution in [3.8, 4) is 11.3 Å². The van der Waals surface area contributed by atoms with Gasteiger partial charge in [-0.15, -0.1) is 0 Å². The fraction of sp³-hybridized carbons (Fsp3) is 0.393. The number of fused-ring (bicyclic) bond motifs is 1. The van der Waals surface area contributed by atoms with E-state index in [1.54, 1.807) is 24.0 Å². The van der Waals surface area contributed by atoms with Gasteiger partial charge in [0.2, 0.25) is 11.8 Å². The number of rotatable bonds is 9. The quantitative estimate of drug-likeness (QED) is 0.446. The first-order valence-corrected chi connectivity index (χ1v) is 12.3. The van der Waals surface area contributed by atoms with Crippen LogP contribution in [0.4, 0.5) is 4.39 Å². The molecular weight excluding hydrogens is 443 g/mol. The molecule has 0 fully saturated rings. The Hall–Kier alpha value is -3.48. The molecule has 1 aromatic heterocycles. The minimum atomic E-state index is -0.257. The lowest BCUT2D eigenvalue weighted by Gasteiger charge is -2.37. The van der Waals surface area contributed by atoms with Crippen molar-refractivity contribution in [3.05, 3.63) is 77.2 Å². The van der Waals surface area contributed by atoms with E-state index in [9.17, 15) is 14.0 Å². The van der Waals surface area contributed by atoms with Gasteiger partial charge < -0.3 is 9.80 Å². The normalized spacial score (nSPS) is 15.1. The average molecular weight is 477 g/mol. The molecule has 2 aromatic carbocycles. The van der Waals surface area contributed by atoms with Crippen LogP contribution in [0.1, 0.15) is 55.5 Å². The SMILES string of the molecule is CC(=O)N1CCc2ccccc2C1CC(=O)N(C)CCCCCc1cc(-c2ccc(F)cc2)n[nH]1. The summed E-state index contributed by atoms with van der Waals surface area (Å²) in [5.41, 5.74) is 5.07. The molecule has 4 rings (SSSR count). The number of aryl methyl sites for hydroxylation is 1. The Labute approximate surface area is 206 Å². The van der Waals surface area contributed by atoms with Crippen molar-refractivity contribution < 1.29 is 14.0 Å². The summed E-state index contributed by atoms with van der Waals surface area (Å²) in [6.07, 6.45) is 4.91. The summed E-state index contributed by atoms with van der Waals surface area (Å²) in [7, 11) is 1.85. The Kier molecular flexibility index (Phi) is 7.95. The van der Waals surface area contributed by atoms with Crippen LogP contribution in [0.3, 0.4) is 0 Å². The van der Waals surface area contributed by atoms with Gasteiger partial charge in [-0.1, -0.05) is 30.7 Å². The number of nitrogens with one attached hydrogen (secondary N) is 1. The monoisotopic (exact) mass is 476 g/mol. The Balaban J connectivity index is 1.23. The second kappa shape index (κ2) is 11.3. The van der Waals surface area contributed by atoms with Crippen molar-refractivity contribution in [1.82, 2.24) is 20.0 Å². The van der Waals surface area contributed by atoms with Crippen molar-refractivity contribution in [2.45, 2.75) is 51.5 Å². The highest BCUT2D eigenvalue weighted by Crippen LogP contribution is 2.32. The van der Waals surface area contributed by atoms with Crippen LogP contribution in [0.5, 0.6) is 0 Å². The highest BCUT2D eigenvalue weighted by Gasteiger charge is 2.31. The largest absolute Gasteiger partial charge is 0.346 e. The number of carbonyl (C=O) groups excluding carboxylic acids is 2. The van der Waals surface area contributed by atoms with Gasteiger partial charge in [0.25, 0.3) is 0 Å². The van der Waals surface area contributed by atoms with Gasteiger partial charge in [-0.05, 0) is 67.1 Å². The van der Waals surface area contributed by atoms with Crippen molar-refractivity contribution in [1.29, 1.82) is 0 Å². The van der Waals surface area contributed by atoms with Crippen LogP contribution in [0.15, 0.2) is 54.6 Å². The minimum Gasteiger partial charge on any atom is -0.346 e. The minimum absolute atomic E-state index is 0.0151. The summed E-state index contributed by atoms with van der Waals surface area (Å²) in [4.78, 5) is 28.8. The molecule has 0 radical (unpaired) electrons. The van der Waals surface area contributed by atoms with E-state index in [1.165, 1.54) is 17.7 Å². The van der Waals surface area contributed by atoms with Crippen LogP contribution in [0, 0.1) is 5.82 Å². The van der Waals surface area contributed by atoms with Crippen LogP contribution < -0.4 is 0 Å². The summed E-state index contributed by atoms with van der Waals surface area (Å²) in [6, 6.07) is 16.3. The third-order valence-electron chi connectivity index (χ3n) is 6.82. The molecule has 0 saturated heterocycles. The lowest BCUT2D eigenvalue weighted by atomic mass is 9.90. The van der Waals surface area contributed by atoms with Gasteiger partial charge in [-0.25, -0.2) is 4.39 Å². The van der Waals surface area contributed by atoms with Gasteiger partial charge in [0.1, 0.15) is 5.82 Å². The van der Waals surface area contributed by atoms with Crippen LogP contribution in [-0.4, -0.2) is 51.9 Å². The molecule has 7 heteroatoms. The second-order valence-corrected chi connectivity index (χ2v) is 9.29. The molecule has 6 nitrogen and oxygen atoms in total. The predicted octanol–water partition coefficient (Wildman–Crippen LogP) is 4.92. The van der Waals surface area contributed by atoms with E-state index in [2.05, 4.69) is 16.3 Å². The van der Waals surface area contributed by atoms with E-state index in [-0.39, 0.29) is 23.7 Å². The van der Waals surface area contributed by atoms with Crippen LogP contribution in [-0.2, 0) is 22.4 Å². The zero-order chi connectivity index (χ0) is 24.8. The molecule has 0 aliphatic carbocycles. The summed E-state index contributed by atoms with van der Waals surface area (Å²) in [5, 5.41) is 7.39. The molecule has 0 bridgehead atoms. The number of halogens is 1. The van der Waals surface area contributed by atoms with E-state index < -0.39 is 0 Å². The maximum atomic E-state index is 13.1. The third-order valence-corrected chi connectivity index (χ3v) is 6.82. The van der Waals surface area contributed by atoms with Crippen LogP contribution >= 0.6 is 0 Å². The van der Waals surface area contributed by atoms with Crippen molar-refractivity contribution in [3.63, 3.8) is 0 Å². The topological polar surface area (TPSA) is 69.3 Å². The Bertz CT molecular complexity index is 1160. The Morgan fingerprint density at radius 2 is 1.89 bits per heavy atom. The van der Waals surface area contributed by atoms with Gasteiger partial charge in [-0.2, -0.15) is 5.10 Å². The van der Waals surface area contributed by atoms with Crippen LogP contribution in [0.2, 0.25) is 0 Å².